The second kappa shape index (κ2) is 7.85. The number of benzene rings is 2. The highest BCUT2D eigenvalue weighted by Gasteiger charge is 2.48. The lowest BCUT2D eigenvalue weighted by molar-refractivity contribution is -0.240. The zero-order valence-electron chi connectivity index (χ0n) is 18.6. The number of sulfonamides is 1. The molecule has 1 atom stereocenters. The van der Waals surface area contributed by atoms with Crippen LogP contribution in [0.15, 0.2) is 54.0 Å². The quantitative estimate of drug-likeness (QED) is 0.313. The number of H-pyrrole nitrogens is 1. The van der Waals surface area contributed by atoms with E-state index in [1.807, 2.05) is 35.7 Å². The summed E-state index contributed by atoms with van der Waals surface area (Å²) in [4.78, 5) is 29.3. The highest BCUT2D eigenvalue weighted by molar-refractivity contribution is 7.92. The van der Waals surface area contributed by atoms with Gasteiger partial charge >= 0.3 is 11.9 Å². The summed E-state index contributed by atoms with van der Waals surface area (Å²) >= 11 is 1.60. The fraction of sp³-hybridized carbons (Fsp3) is 0.250. The van der Waals surface area contributed by atoms with E-state index in [-0.39, 0.29) is 0 Å². The molecule has 3 heterocycles. The molecule has 2 N–H and O–H groups in total. The number of carbonyl (C=O) groups is 2. The lowest BCUT2D eigenvalue weighted by Crippen LogP contribution is -2.48. The molecule has 4 aromatic rings. The van der Waals surface area contributed by atoms with Crippen LogP contribution in [0.2, 0.25) is 0 Å². The minimum atomic E-state index is -3.52. The highest BCUT2D eigenvalue weighted by atomic mass is 32.2. The molecule has 176 valence electrons. The highest BCUT2D eigenvalue weighted by Crippen LogP contribution is 2.42. The maximum absolute atomic E-state index is 13.1. The van der Waals surface area contributed by atoms with Crippen LogP contribution in [0.1, 0.15) is 30.9 Å². The third-order valence-electron chi connectivity index (χ3n) is 5.75. The van der Waals surface area contributed by atoms with Gasteiger partial charge in [0.15, 0.2) is 5.92 Å². The van der Waals surface area contributed by atoms with Crippen molar-refractivity contribution in [3.63, 3.8) is 0 Å². The van der Waals surface area contributed by atoms with Crippen LogP contribution in [0.3, 0.4) is 0 Å². The summed E-state index contributed by atoms with van der Waals surface area (Å²) in [6.45, 7) is 3.03. The summed E-state index contributed by atoms with van der Waals surface area (Å²) in [5, 5.41) is 3.64. The number of hydrogen-bond acceptors (Lipinski definition) is 7. The van der Waals surface area contributed by atoms with Gasteiger partial charge in [0.2, 0.25) is 10.0 Å². The molecule has 1 unspecified atom stereocenters. The maximum atomic E-state index is 13.1. The van der Waals surface area contributed by atoms with Gasteiger partial charge in [-0.1, -0.05) is 18.2 Å². The third-order valence-corrected chi connectivity index (χ3v) is 7.24. The van der Waals surface area contributed by atoms with Crippen LogP contribution in [-0.2, 0) is 29.1 Å². The van der Waals surface area contributed by atoms with Gasteiger partial charge in [-0.2, -0.15) is 0 Å². The Bertz CT molecular complexity index is 1530. The van der Waals surface area contributed by atoms with E-state index in [4.69, 9.17) is 9.47 Å². The molecule has 1 saturated heterocycles. The van der Waals surface area contributed by atoms with Crippen LogP contribution in [0, 0.1) is 5.92 Å². The van der Waals surface area contributed by atoms with Crippen molar-refractivity contribution in [3.8, 4) is 0 Å². The van der Waals surface area contributed by atoms with Crippen LogP contribution in [0.5, 0.6) is 0 Å². The van der Waals surface area contributed by atoms with Crippen LogP contribution in [0.4, 0.5) is 5.69 Å². The van der Waals surface area contributed by atoms with Crippen LogP contribution in [-0.4, -0.2) is 37.4 Å². The number of fused-ring (bicyclic) bond motifs is 2. The van der Waals surface area contributed by atoms with Crippen LogP contribution < -0.4 is 4.72 Å². The number of rotatable bonds is 5. The second-order valence-electron chi connectivity index (χ2n) is 8.76. The van der Waals surface area contributed by atoms with E-state index in [1.54, 1.807) is 29.7 Å². The topological polar surface area (TPSA) is 115 Å². The Morgan fingerprint density at radius 3 is 2.53 bits per heavy atom. The summed E-state index contributed by atoms with van der Waals surface area (Å²) in [7, 11) is -3.52. The fourth-order valence-corrected chi connectivity index (χ4v) is 5.79. The first-order chi connectivity index (χ1) is 16.0. The second-order valence-corrected chi connectivity index (χ2v) is 11.5. The van der Waals surface area contributed by atoms with Gasteiger partial charge < -0.3 is 14.5 Å². The first kappa shape index (κ1) is 22.4. The van der Waals surface area contributed by atoms with Crippen LogP contribution in [0.25, 0.3) is 21.0 Å². The van der Waals surface area contributed by atoms with E-state index in [1.165, 1.54) is 13.8 Å². The first-order valence-corrected chi connectivity index (χ1v) is 13.3. The molecular formula is C24H22N2O6S2. The summed E-state index contributed by atoms with van der Waals surface area (Å²) in [6.07, 6.45) is 2.77. The van der Waals surface area contributed by atoms with Gasteiger partial charge in [-0.25, -0.2) is 8.42 Å². The molecule has 1 fully saturated rings. The molecule has 0 aliphatic carbocycles. The molecule has 0 spiro atoms. The molecule has 0 bridgehead atoms. The van der Waals surface area contributed by atoms with E-state index in [0.717, 1.165) is 21.9 Å². The van der Waals surface area contributed by atoms with Gasteiger partial charge in [-0.15, -0.1) is 11.3 Å². The molecule has 10 heteroatoms. The standard InChI is InChI=1S/C24H22N2O6S2/c1-24(2)31-22(27)20(23(28)32-24)19(14-7-8-18-13(11-14)9-10-33-18)16-12-25-21-15(16)5-4-6-17(21)26-34(3,29)30/h4-12,19-20,25-26H,1-3H3. The number of thiophene rings is 1. The molecular weight excluding hydrogens is 476 g/mol. The van der Waals surface area contributed by atoms with Crippen molar-refractivity contribution in [3.05, 3.63) is 65.2 Å². The van der Waals surface area contributed by atoms with Crippen LogP contribution >= 0.6 is 11.3 Å². The Morgan fingerprint density at radius 1 is 1.09 bits per heavy atom. The van der Waals surface area contributed by atoms with Crippen molar-refractivity contribution in [1.82, 2.24) is 4.98 Å². The molecule has 0 radical (unpaired) electrons. The normalized spacial score (nSPS) is 17.5. The molecule has 34 heavy (non-hydrogen) atoms. The summed E-state index contributed by atoms with van der Waals surface area (Å²) in [5.41, 5.74) is 2.31. The molecule has 2 aromatic heterocycles. The zero-order valence-corrected chi connectivity index (χ0v) is 20.2. The lowest BCUT2D eigenvalue weighted by Gasteiger charge is -2.36. The number of nitrogens with one attached hydrogen (secondary N) is 2. The van der Waals surface area contributed by atoms with Gasteiger partial charge in [0, 0.05) is 36.0 Å². The Morgan fingerprint density at radius 2 is 1.82 bits per heavy atom. The molecule has 2 aromatic carbocycles. The van der Waals surface area contributed by atoms with Gasteiger partial charge in [-0.3, -0.25) is 14.3 Å². The van der Waals surface area contributed by atoms with Crippen molar-refractivity contribution in [2.75, 3.05) is 11.0 Å². The fourth-order valence-electron chi connectivity index (χ4n) is 4.45. The SMILES string of the molecule is CC1(C)OC(=O)C(C(c2ccc3sccc3c2)c2c[nH]c3c(NS(C)(=O)=O)cccc23)C(=O)O1. The van der Waals surface area contributed by atoms with Crippen molar-refractivity contribution in [2.24, 2.45) is 5.92 Å². The molecule has 8 nitrogen and oxygen atoms in total. The maximum Gasteiger partial charge on any atom is 0.324 e. The van der Waals surface area contributed by atoms with Crippen molar-refractivity contribution < 1.29 is 27.5 Å². The van der Waals surface area contributed by atoms with Gasteiger partial charge in [0.1, 0.15) is 0 Å². The van der Waals surface area contributed by atoms with E-state index < -0.39 is 39.6 Å². The number of aromatic amines is 1. The smallest absolute Gasteiger partial charge is 0.324 e. The van der Waals surface area contributed by atoms with E-state index in [0.29, 0.717) is 22.2 Å². The number of hydrogen-bond donors (Lipinski definition) is 2. The minimum Gasteiger partial charge on any atom is -0.422 e. The Labute approximate surface area is 199 Å². The number of para-hydroxylation sites is 1. The number of ether oxygens (including phenoxy) is 2. The van der Waals surface area contributed by atoms with E-state index >= 15 is 0 Å². The monoisotopic (exact) mass is 498 g/mol. The molecule has 1 aliphatic rings. The number of aromatic nitrogens is 1. The van der Waals surface area contributed by atoms with Crippen molar-refractivity contribution >= 4 is 60.0 Å². The molecule has 5 rings (SSSR count). The van der Waals surface area contributed by atoms with Gasteiger partial charge in [0.25, 0.3) is 5.79 Å². The Kier molecular flexibility index (Phi) is 5.18. The largest absolute Gasteiger partial charge is 0.422 e. The summed E-state index contributed by atoms with van der Waals surface area (Å²) < 4.78 is 38.2. The van der Waals surface area contributed by atoms with Crippen molar-refractivity contribution in [1.29, 1.82) is 0 Å². The van der Waals surface area contributed by atoms with Crippen molar-refractivity contribution in [2.45, 2.75) is 25.6 Å². The molecule has 0 amide bonds. The van der Waals surface area contributed by atoms with Gasteiger partial charge in [-0.05, 0) is 46.2 Å². The molecule has 0 saturated carbocycles. The number of cyclic esters (lactones) is 2. The average Bonchev–Trinajstić information content (AvgIpc) is 3.36. The number of anilines is 1. The lowest BCUT2D eigenvalue weighted by atomic mass is 9.79. The summed E-state index contributed by atoms with van der Waals surface area (Å²) in [5.74, 6) is -4.63. The zero-order chi connectivity index (χ0) is 24.3. The number of esters is 2. The average molecular weight is 499 g/mol. The summed E-state index contributed by atoms with van der Waals surface area (Å²) in [6, 6.07) is 12.9. The Hall–Kier alpha value is -3.37. The Balaban J connectivity index is 1.71. The predicted octanol–water partition coefficient (Wildman–Crippen LogP) is 4.34. The number of carbonyl (C=O) groups excluding carboxylic acids is 2. The van der Waals surface area contributed by atoms with Gasteiger partial charge in [0.05, 0.1) is 17.5 Å². The van der Waals surface area contributed by atoms with E-state index in [9.17, 15) is 18.0 Å². The predicted molar refractivity (Wildman–Crippen MR) is 130 cm³/mol. The molecule has 1 aliphatic heterocycles. The minimum absolute atomic E-state index is 0.369. The van der Waals surface area contributed by atoms with E-state index in [2.05, 4.69) is 9.71 Å². The first-order valence-electron chi connectivity index (χ1n) is 10.5. The third kappa shape index (κ3) is 4.03.